The number of aromatic nitrogens is 2. The van der Waals surface area contributed by atoms with Crippen LogP contribution in [0.5, 0.6) is 0 Å². The van der Waals surface area contributed by atoms with Gasteiger partial charge in [0.25, 0.3) is 0 Å². The number of hydrogen-bond acceptors (Lipinski definition) is 2. The molecule has 0 spiro atoms. The Morgan fingerprint density at radius 1 is 1.15 bits per heavy atom. The summed E-state index contributed by atoms with van der Waals surface area (Å²) in [6.45, 7) is 4.04. The molecule has 2 heterocycles. The first-order valence-corrected chi connectivity index (χ1v) is 6.99. The molecule has 2 aromatic heterocycles. The maximum atomic E-state index is 5.73. The third kappa shape index (κ3) is 2.23. The topological polar surface area (TPSA) is 33.9 Å². The molecule has 0 amide bonds. The van der Waals surface area contributed by atoms with E-state index >= 15 is 0 Å². The van der Waals surface area contributed by atoms with Gasteiger partial charge in [0.1, 0.15) is 11.5 Å². The van der Waals surface area contributed by atoms with Crippen molar-refractivity contribution in [3.8, 4) is 11.3 Å². The predicted molar refractivity (Wildman–Crippen MR) is 82.3 cm³/mol. The lowest BCUT2D eigenvalue weighted by atomic mass is 10.1. The van der Waals surface area contributed by atoms with E-state index in [4.69, 9.17) is 16.6 Å². The van der Waals surface area contributed by atoms with Gasteiger partial charge in [-0.25, -0.2) is 0 Å². The summed E-state index contributed by atoms with van der Waals surface area (Å²) in [5, 5.41) is 0. The quantitative estimate of drug-likeness (QED) is 0.706. The molecule has 102 valence electrons. The highest BCUT2D eigenvalue weighted by Gasteiger charge is 2.17. The lowest BCUT2D eigenvalue weighted by Crippen LogP contribution is -2.07. The lowest BCUT2D eigenvalue weighted by Gasteiger charge is -2.14. The third-order valence-electron chi connectivity index (χ3n) is 3.44. The van der Waals surface area contributed by atoms with Crippen LogP contribution < -0.4 is 0 Å². The molecule has 4 heteroatoms. The van der Waals surface area contributed by atoms with E-state index in [2.05, 4.69) is 28.6 Å². The summed E-state index contributed by atoms with van der Waals surface area (Å²) in [5.41, 5.74) is 2.20. The normalized spacial score (nSPS) is 12.5. The number of imidazole rings is 1. The van der Waals surface area contributed by atoms with Crippen molar-refractivity contribution in [2.75, 3.05) is 0 Å². The molecular weight excluding hydrogens is 268 g/mol. The second-order valence-corrected chi connectivity index (χ2v) is 5.23. The van der Waals surface area contributed by atoms with Crippen molar-refractivity contribution in [3.63, 3.8) is 0 Å². The highest BCUT2D eigenvalue weighted by molar-refractivity contribution is 7.71. The molecule has 0 saturated heterocycles. The van der Waals surface area contributed by atoms with Crippen molar-refractivity contribution in [3.05, 3.63) is 65.0 Å². The van der Waals surface area contributed by atoms with Crippen LogP contribution in [0.2, 0.25) is 0 Å². The summed E-state index contributed by atoms with van der Waals surface area (Å²) in [4.78, 5) is 3.13. The Morgan fingerprint density at radius 3 is 2.55 bits per heavy atom. The summed E-state index contributed by atoms with van der Waals surface area (Å²) < 4.78 is 8.52. The van der Waals surface area contributed by atoms with Crippen molar-refractivity contribution >= 4 is 12.2 Å². The lowest BCUT2D eigenvalue weighted by molar-refractivity contribution is 0.429. The number of hydrogen-bond donors (Lipinski definition) is 1. The largest absolute Gasteiger partial charge is 0.464 e. The number of aryl methyl sites for hydroxylation is 1. The molecule has 3 aromatic rings. The highest BCUT2D eigenvalue weighted by atomic mass is 32.1. The molecule has 1 aromatic carbocycles. The van der Waals surface area contributed by atoms with Crippen LogP contribution in [-0.4, -0.2) is 9.55 Å². The fraction of sp³-hybridized carbons (Fsp3) is 0.188. The van der Waals surface area contributed by atoms with Gasteiger partial charge < -0.3 is 14.0 Å². The molecule has 1 atom stereocenters. The van der Waals surface area contributed by atoms with Gasteiger partial charge >= 0.3 is 0 Å². The van der Waals surface area contributed by atoms with Gasteiger partial charge in [0.15, 0.2) is 4.77 Å². The van der Waals surface area contributed by atoms with Gasteiger partial charge in [-0.15, -0.1) is 0 Å². The van der Waals surface area contributed by atoms with Crippen LogP contribution in [0.15, 0.2) is 53.1 Å². The van der Waals surface area contributed by atoms with E-state index in [-0.39, 0.29) is 6.04 Å². The van der Waals surface area contributed by atoms with Gasteiger partial charge in [0.2, 0.25) is 0 Å². The minimum atomic E-state index is 0.0534. The van der Waals surface area contributed by atoms with Crippen molar-refractivity contribution in [1.29, 1.82) is 0 Å². The zero-order valence-corrected chi connectivity index (χ0v) is 12.3. The summed E-state index contributed by atoms with van der Waals surface area (Å²) in [6, 6.07) is 14.2. The van der Waals surface area contributed by atoms with Crippen LogP contribution in [0.4, 0.5) is 0 Å². The Hall–Kier alpha value is -2.07. The van der Waals surface area contributed by atoms with Gasteiger partial charge in [0, 0.05) is 6.20 Å². The van der Waals surface area contributed by atoms with Crippen LogP contribution in [-0.2, 0) is 0 Å². The highest BCUT2D eigenvalue weighted by Crippen LogP contribution is 2.27. The Morgan fingerprint density at radius 2 is 1.90 bits per heavy atom. The maximum Gasteiger partial charge on any atom is 0.178 e. The number of H-pyrrole nitrogens is 1. The molecule has 0 aliphatic carbocycles. The molecule has 0 bridgehead atoms. The molecule has 0 saturated carbocycles. The minimum Gasteiger partial charge on any atom is -0.464 e. The van der Waals surface area contributed by atoms with Gasteiger partial charge in [-0.05, 0) is 43.8 Å². The second-order valence-electron chi connectivity index (χ2n) is 4.84. The van der Waals surface area contributed by atoms with Crippen LogP contribution in [0.1, 0.15) is 24.5 Å². The number of furan rings is 1. The fourth-order valence-electron chi connectivity index (χ4n) is 2.40. The predicted octanol–water partition coefficient (Wildman–Crippen LogP) is 4.72. The summed E-state index contributed by atoms with van der Waals surface area (Å²) in [5.74, 6) is 1.82. The van der Waals surface area contributed by atoms with E-state index in [1.165, 1.54) is 0 Å². The molecule has 1 N–H and O–H groups in total. The zero-order chi connectivity index (χ0) is 14.1. The van der Waals surface area contributed by atoms with Crippen LogP contribution in [0.3, 0.4) is 0 Å². The van der Waals surface area contributed by atoms with Gasteiger partial charge in [0.05, 0.1) is 11.7 Å². The minimum absolute atomic E-state index is 0.0534. The van der Waals surface area contributed by atoms with E-state index in [1.54, 1.807) is 0 Å². The Labute approximate surface area is 122 Å². The van der Waals surface area contributed by atoms with E-state index in [0.29, 0.717) is 4.77 Å². The summed E-state index contributed by atoms with van der Waals surface area (Å²) >= 11 is 5.42. The summed E-state index contributed by atoms with van der Waals surface area (Å²) in [6.07, 6.45) is 1.95. The van der Waals surface area contributed by atoms with Crippen LogP contribution in [0, 0.1) is 11.7 Å². The fourth-order valence-corrected chi connectivity index (χ4v) is 2.72. The molecule has 1 unspecified atom stereocenters. The zero-order valence-electron chi connectivity index (χ0n) is 11.5. The monoisotopic (exact) mass is 284 g/mol. The standard InChI is InChI=1S/C16H16N2OS/c1-11-8-9-15(19-11)12(2)18-14(10-17-16(18)20)13-6-4-3-5-7-13/h3-10,12H,1-2H3,(H,17,20). The molecule has 20 heavy (non-hydrogen) atoms. The molecular formula is C16H16N2OS. The molecule has 0 aliphatic heterocycles. The van der Waals surface area contributed by atoms with Crippen molar-refractivity contribution < 1.29 is 4.42 Å². The Balaban J connectivity index is 2.10. The van der Waals surface area contributed by atoms with Gasteiger partial charge in [-0.3, -0.25) is 0 Å². The number of nitrogens with zero attached hydrogens (tertiary/aromatic N) is 1. The Bertz CT molecular complexity index is 767. The molecule has 3 nitrogen and oxygen atoms in total. The smallest absolute Gasteiger partial charge is 0.178 e. The van der Waals surface area contributed by atoms with E-state index in [0.717, 1.165) is 22.8 Å². The molecule has 0 fully saturated rings. The van der Waals surface area contributed by atoms with Gasteiger partial charge in [-0.2, -0.15) is 0 Å². The maximum absolute atomic E-state index is 5.73. The van der Waals surface area contributed by atoms with E-state index < -0.39 is 0 Å². The number of rotatable bonds is 3. The molecule has 0 aliphatic rings. The SMILES string of the molecule is Cc1ccc(C(C)n2c(-c3ccccc3)c[nH]c2=S)o1. The van der Waals surface area contributed by atoms with E-state index in [1.807, 2.05) is 43.5 Å². The summed E-state index contributed by atoms with van der Waals surface area (Å²) in [7, 11) is 0. The first-order valence-electron chi connectivity index (χ1n) is 6.58. The van der Waals surface area contributed by atoms with Crippen LogP contribution in [0.25, 0.3) is 11.3 Å². The van der Waals surface area contributed by atoms with Crippen molar-refractivity contribution in [2.45, 2.75) is 19.9 Å². The first-order chi connectivity index (χ1) is 9.66. The van der Waals surface area contributed by atoms with Crippen molar-refractivity contribution in [2.24, 2.45) is 0 Å². The Kier molecular flexibility index (Phi) is 3.32. The molecule has 3 rings (SSSR count). The molecule has 0 radical (unpaired) electrons. The van der Waals surface area contributed by atoms with Gasteiger partial charge in [-0.1, -0.05) is 30.3 Å². The average Bonchev–Trinajstić information content (AvgIpc) is 3.05. The third-order valence-corrected chi connectivity index (χ3v) is 3.76. The second kappa shape index (κ2) is 5.13. The average molecular weight is 284 g/mol. The number of benzene rings is 1. The first kappa shape index (κ1) is 12.9. The van der Waals surface area contributed by atoms with E-state index in [9.17, 15) is 0 Å². The van der Waals surface area contributed by atoms with Crippen molar-refractivity contribution in [1.82, 2.24) is 9.55 Å². The number of aromatic amines is 1. The van der Waals surface area contributed by atoms with Crippen LogP contribution >= 0.6 is 12.2 Å². The number of nitrogens with one attached hydrogen (secondary N) is 1.